The molecule has 0 bridgehead atoms. The zero-order valence-electron chi connectivity index (χ0n) is 12.4. The zero-order valence-corrected chi connectivity index (χ0v) is 13.2. The first kappa shape index (κ1) is 17.1. The minimum atomic E-state index is -3.63. The summed E-state index contributed by atoms with van der Waals surface area (Å²) in [6.45, 7) is 3.31. The van der Waals surface area contributed by atoms with Gasteiger partial charge in [0.15, 0.2) is 0 Å². The number of nitrogens with two attached hydrogens (primary N) is 1. The van der Waals surface area contributed by atoms with E-state index in [4.69, 9.17) is 9.88 Å². The van der Waals surface area contributed by atoms with E-state index in [-0.39, 0.29) is 11.7 Å². The van der Waals surface area contributed by atoms with Crippen LogP contribution in [0.5, 0.6) is 5.75 Å². The van der Waals surface area contributed by atoms with E-state index in [1.165, 1.54) is 12.1 Å². The van der Waals surface area contributed by atoms with Crippen LogP contribution in [0.25, 0.3) is 0 Å². The number of hydrogen-bond acceptors (Lipinski definition) is 4. The van der Waals surface area contributed by atoms with Crippen molar-refractivity contribution in [3.8, 4) is 5.75 Å². The van der Waals surface area contributed by atoms with Crippen LogP contribution in [0, 0.1) is 11.7 Å². The van der Waals surface area contributed by atoms with Gasteiger partial charge in [0.2, 0.25) is 0 Å². The topological polar surface area (TPSA) is 84.7 Å². The molecule has 1 aliphatic rings. The highest BCUT2D eigenvalue weighted by molar-refractivity contribution is 7.87. The fraction of sp³-hybridized carbons (Fsp3) is 0.571. The van der Waals surface area contributed by atoms with E-state index in [9.17, 15) is 12.8 Å². The van der Waals surface area contributed by atoms with Crippen LogP contribution in [-0.2, 0) is 10.2 Å². The number of halogens is 1. The Bertz CT molecular complexity index is 582. The number of hydrogen-bond donors (Lipinski definition) is 2. The van der Waals surface area contributed by atoms with Gasteiger partial charge in [0.25, 0.3) is 10.2 Å². The van der Waals surface area contributed by atoms with E-state index in [0.29, 0.717) is 18.9 Å². The van der Waals surface area contributed by atoms with Crippen LogP contribution >= 0.6 is 0 Å². The second-order valence-corrected chi connectivity index (χ2v) is 6.89. The van der Waals surface area contributed by atoms with Crippen molar-refractivity contribution in [1.29, 1.82) is 0 Å². The second kappa shape index (κ2) is 7.87. The first-order valence-corrected chi connectivity index (χ1v) is 8.85. The molecule has 1 aliphatic heterocycles. The molecule has 1 saturated heterocycles. The number of benzene rings is 1. The summed E-state index contributed by atoms with van der Waals surface area (Å²) in [6.07, 6.45) is 1.99. The molecule has 3 N–H and O–H groups in total. The fourth-order valence-corrected chi connectivity index (χ4v) is 3.07. The maximum Gasteiger partial charge on any atom is 0.274 e. The summed E-state index contributed by atoms with van der Waals surface area (Å²) in [5.74, 6) is 0.454. The molecule has 0 unspecified atom stereocenters. The predicted octanol–water partition coefficient (Wildman–Crippen LogP) is 0.710. The molecule has 6 nitrogen and oxygen atoms in total. The zero-order chi connectivity index (χ0) is 16.0. The van der Waals surface area contributed by atoms with E-state index in [2.05, 4.69) is 9.62 Å². The maximum absolute atomic E-state index is 13.0. The van der Waals surface area contributed by atoms with E-state index in [0.717, 1.165) is 32.5 Å². The molecular formula is C14H22FN3O3S. The molecule has 22 heavy (non-hydrogen) atoms. The van der Waals surface area contributed by atoms with Gasteiger partial charge in [-0.15, -0.1) is 0 Å². The maximum atomic E-state index is 13.0. The number of nitrogens with zero attached hydrogens (tertiary/aromatic N) is 1. The van der Waals surface area contributed by atoms with Crippen molar-refractivity contribution < 1.29 is 17.5 Å². The van der Waals surface area contributed by atoms with Crippen molar-refractivity contribution in [2.45, 2.75) is 12.8 Å². The predicted molar refractivity (Wildman–Crippen MR) is 82.2 cm³/mol. The molecule has 1 heterocycles. The first-order chi connectivity index (χ1) is 10.4. The Labute approximate surface area is 130 Å². The van der Waals surface area contributed by atoms with Crippen molar-refractivity contribution in [3.05, 3.63) is 30.1 Å². The molecule has 1 fully saturated rings. The molecule has 0 amide bonds. The third-order valence-corrected chi connectivity index (χ3v) is 4.22. The minimum absolute atomic E-state index is 0.251. The molecule has 1 atom stereocenters. The van der Waals surface area contributed by atoms with Gasteiger partial charge < -0.3 is 4.74 Å². The number of piperidine rings is 1. The molecule has 0 spiro atoms. The van der Waals surface area contributed by atoms with Gasteiger partial charge in [-0.1, -0.05) is 6.07 Å². The average molecular weight is 331 g/mol. The number of nitrogens with one attached hydrogen (secondary N) is 1. The van der Waals surface area contributed by atoms with Crippen LogP contribution in [-0.4, -0.2) is 46.1 Å². The van der Waals surface area contributed by atoms with Gasteiger partial charge in [-0.05, 0) is 37.4 Å². The third-order valence-electron chi connectivity index (χ3n) is 3.65. The Morgan fingerprint density at radius 1 is 1.45 bits per heavy atom. The minimum Gasteiger partial charge on any atom is -0.492 e. The standard InChI is InChI=1S/C14H22FN3O3S/c15-13-4-1-5-14(9-13)21-8-7-18-6-2-3-12(11-18)10-17-22(16,19)20/h1,4-5,9,12,17H,2-3,6-8,10-11H2,(H2,16,19,20)/t12-/m0/s1. The van der Waals surface area contributed by atoms with Crippen LogP contribution < -0.4 is 14.6 Å². The summed E-state index contributed by atoms with van der Waals surface area (Å²) in [5.41, 5.74) is 0. The van der Waals surface area contributed by atoms with Gasteiger partial charge in [-0.25, -0.2) is 14.3 Å². The van der Waals surface area contributed by atoms with E-state index < -0.39 is 10.2 Å². The summed E-state index contributed by atoms with van der Waals surface area (Å²) in [5, 5.41) is 4.94. The normalized spacial score (nSPS) is 20.0. The lowest BCUT2D eigenvalue weighted by Gasteiger charge is -2.32. The molecule has 124 valence electrons. The number of likely N-dealkylation sites (tertiary alicyclic amines) is 1. The van der Waals surface area contributed by atoms with Gasteiger partial charge in [-0.3, -0.25) is 4.90 Å². The molecule has 1 aromatic rings. The van der Waals surface area contributed by atoms with Crippen molar-refractivity contribution >= 4 is 10.2 Å². The molecule has 0 saturated carbocycles. The van der Waals surface area contributed by atoms with Gasteiger partial charge in [0, 0.05) is 25.7 Å². The summed E-state index contributed by atoms with van der Waals surface area (Å²) < 4.78 is 42.7. The Hall–Kier alpha value is -1.22. The van der Waals surface area contributed by atoms with Crippen molar-refractivity contribution in [2.75, 3.05) is 32.8 Å². The van der Waals surface area contributed by atoms with Crippen molar-refractivity contribution in [2.24, 2.45) is 11.1 Å². The second-order valence-electron chi connectivity index (χ2n) is 5.51. The highest BCUT2D eigenvalue weighted by Crippen LogP contribution is 2.16. The largest absolute Gasteiger partial charge is 0.492 e. The molecule has 0 aliphatic carbocycles. The third kappa shape index (κ3) is 6.27. The smallest absolute Gasteiger partial charge is 0.274 e. The van der Waals surface area contributed by atoms with Crippen LogP contribution in [0.2, 0.25) is 0 Å². The summed E-state index contributed by atoms with van der Waals surface area (Å²) >= 11 is 0. The summed E-state index contributed by atoms with van der Waals surface area (Å²) in [6, 6.07) is 6.06. The quantitative estimate of drug-likeness (QED) is 0.771. The molecule has 1 aromatic carbocycles. The summed E-state index contributed by atoms with van der Waals surface area (Å²) in [4.78, 5) is 2.22. The monoisotopic (exact) mass is 331 g/mol. The lowest BCUT2D eigenvalue weighted by Crippen LogP contribution is -2.43. The van der Waals surface area contributed by atoms with Gasteiger partial charge in [0.05, 0.1) is 0 Å². The molecule has 8 heteroatoms. The highest BCUT2D eigenvalue weighted by Gasteiger charge is 2.20. The number of ether oxygens (including phenoxy) is 1. The molecule has 2 rings (SSSR count). The van der Waals surface area contributed by atoms with E-state index in [1.807, 2.05) is 0 Å². The average Bonchev–Trinajstić information content (AvgIpc) is 2.45. The fourth-order valence-electron chi connectivity index (χ4n) is 2.60. The van der Waals surface area contributed by atoms with Gasteiger partial charge >= 0.3 is 0 Å². The van der Waals surface area contributed by atoms with Crippen molar-refractivity contribution in [3.63, 3.8) is 0 Å². The van der Waals surface area contributed by atoms with Gasteiger partial charge in [-0.2, -0.15) is 8.42 Å². The van der Waals surface area contributed by atoms with Gasteiger partial charge in [0.1, 0.15) is 18.2 Å². The highest BCUT2D eigenvalue weighted by atomic mass is 32.2. The Balaban J connectivity index is 1.71. The molecule has 0 radical (unpaired) electrons. The lowest BCUT2D eigenvalue weighted by molar-refractivity contribution is 0.148. The van der Waals surface area contributed by atoms with Crippen LogP contribution in [0.4, 0.5) is 4.39 Å². The summed E-state index contributed by atoms with van der Waals surface area (Å²) in [7, 11) is -3.63. The first-order valence-electron chi connectivity index (χ1n) is 7.30. The van der Waals surface area contributed by atoms with Crippen molar-refractivity contribution in [1.82, 2.24) is 9.62 Å². The van der Waals surface area contributed by atoms with E-state index in [1.54, 1.807) is 12.1 Å². The SMILES string of the molecule is NS(=O)(=O)NC[C@@H]1CCCN(CCOc2cccc(F)c2)C1. The Morgan fingerprint density at radius 3 is 3.00 bits per heavy atom. The Morgan fingerprint density at radius 2 is 2.27 bits per heavy atom. The Kier molecular flexibility index (Phi) is 6.13. The number of rotatable bonds is 7. The van der Waals surface area contributed by atoms with Crippen LogP contribution in [0.15, 0.2) is 24.3 Å². The van der Waals surface area contributed by atoms with E-state index >= 15 is 0 Å². The lowest BCUT2D eigenvalue weighted by atomic mass is 9.98. The van der Waals surface area contributed by atoms with Crippen LogP contribution in [0.1, 0.15) is 12.8 Å². The molecular weight excluding hydrogens is 309 g/mol. The van der Waals surface area contributed by atoms with Crippen LogP contribution in [0.3, 0.4) is 0 Å². The molecule has 0 aromatic heterocycles.